The minimum absolute atomic E-state index is 0.130. The third kappa shape index (κ3) is 4.21. The van der Waals surface area contributed by atoms with Crippen LogP contribution in [-0.4, -0.2) is 49.8 Å². The molecule has 4 heterocycles. The second-order valence-electron chi connectivity index (χ2n) is 8.00. The van der Waals surface area contributed by atoms with Crippen LogP contribution in [0.3, 0.4) is 0 Å². The van der Waals surface area contributed by atoms with Gasteiger partial charge in [-0.15, -0.1) is 11.3 Å². The molecule has 5 rings (SSSR count). The lowest BCUT2D eigenvalue weighted by Crippen LogP contribution is -2.43. The first kappa shape index (κ1) is 20.9. The van der Waals surface area contributed by atoms with E-state index in [1.54, 1.807) is 28.8 Å². The van der Waals surface area contributed by atoms with Crippen LogP contribution in [0.15, 0.2) is 39.9 Å². The van der Waals surface area contributed by atoms with Crippen LogP contribution in [-0.2, 0) is 14.8 Å². The predicted octanol–water partition coefficient (Wildman–Crippen LogP) is 4.00. The van der Waals surface area contributed by atoms with E-state index in [1.807, 2.05) is 18.2 Å². The predicted molar refractivity (Wildman–Crippen MR) is 125 cm³/mol. The summed E-state index contributed by atoms with van der Waals surface area (Å²) >= 11 is 2.86. The quantitative estimate of drug-likeness (QED) is 0.602. The van der Waals surface area contributed by atoms with Gasteiger partial charge in [-0.2, -0.15) is 4.31 Å². The summed E-state index contributed by atoms with van der Waals surface area (Å²) in [5.41, 5.74) is 1.67. The molecule has 2 saturated heterocycles. The molecule has 1 unspecified atom stereocenters. The summed E-state index contributed by atoms with van der Waals surface area (Å²) in [6, 6.07) is 9.13. The summed E-state index contributed by atoms with van der Waals surface area (Å²) in [6.45, 7) is 2.77. The molecule has 1 amide bonds. The van der Waals surface area contributed by atoms with Gasteiger partial charge in [0.05, 0.1) is 16.1 Å². The molecule has 1 aromatic carbocycles. The van der Waals surface area contributed by atoms with E-state index < -0.39 is 10.0 Å². The summed E-state index contributed by atoms with van der Waals surface area (Å²) in [6.07, 6.45) is 3.77. The Bertz CT molecular complexity index is 1180. The van der Waals surface area contributed by atoms with Crippen LogP contribution in [0.25, 0.3) is 10.2 Å². The van der Waals surface area contributed by atoms with Crippen molar-refractivity contribution in [2.45, 2.75) is 29.9 Å². The minimum atomic E-state index is -3.53. The molecule has 0 spiro atoms. The lowest BCUT2D eigenvalue weighted by molar-refractivity contribution is -0.120. The Balaban J connectivity index is 1.28. The zero-order valence-electron chi connectivity index (χ0n) is 17.0. The normalized spacial score (nSPS) is 20.4. The molecule has 0 aliphatic carbocycles. The molecule has 1 N–H and O–H groups in total. The Labute approximate surface area is 189 Å². The fourth-order valence-corrected chi connectivity index (χ4v) is 7.92. The smallest absolute Gasteiger partial charge is 0.252 e. The van der Waals surface area contributed by atoms with Crippen molar-refractivity contribution in [1.82, 2.24) is 9.29 Å². The van der Waals surface area contributed by atoms with E-state index in [9.17, 15) is 13.2 Å². The van der Waals surface area contributed by atoms with Crippen LogP contribution in [0, 0.1) is 5.92 Å². The van der Waals surface area contributed by atoms with Gasteiger partial charge in [-0.3, -0.25) is 4.79 Å². The van der Waals surface area contributed by atoms with Crippen molar-refractivity contribution in [2.24, 2.45) is 5.92 Å². The zero-order chi connectivity index (χ0) is 21.4. The average molecular weight is 477 g/mol. The number of anilines is 2. The van der Waals surface area contributed by atoms with Crippen LogP contribution in [0.4, 0.5) is 10.8 Å². The van der Waals surface area contributed by atoms with E-state index in [2.05, 4.69) is 10.2 Å². The average Bonchev–Trinajstić information content (AvgIpc) is 3.55. The number of aromatic nitrogens is 1. The number of carbonyl (C=O) groups is 1. The van der Waals surface area contributed by atoms with Crippen LogP contribution in [0.5, 0.6) is 0 Å². The molecule has 0 radical (unpaired) electrons. The fraction of sp³-hybridized carbons (Fsp3) is 0.429. The number of thiazole rings is 1. The van der Waals surface area contributed by atoms with Gasteiger partial charge in [-0.25, -0.2) is 13.4 Å². The second kappa shape index (κ2) is 8.50. The second-order valence-corrected chi connectivity index (χ2v) is 12.1. The lowest BCUT2D eigenvalue weighted by Gasteiger charge is -2.30. The summed E-state index contributed by atoms with van der Waals surface area (Å²) in [5, 5.41) is 5.79. The molecule has 10 heteroatoms. The Morgan fingerprint density at radius 1 is 1.13 bits per heavy atom. The van der Waals surface area contributed by atoms with E-state index in [0.29, 0.717) is 23.6 Å². The monoisotopic (exact) mass is 476 g/mol. The van der Waals surface area contributed by atoms with Crippen LogP contribution >= 0.6 is 22.7 Å². The van der Waals surface area contributed by atoms with Crippen molar-refractivity contribution in [3.05, 3.63) is 35.7 Å². The van der Waals surface area contributed by atoms with E-state index in [-0.39, 0.29) is 18.4 Å². The van der Waals surface area contributed by atoms with Gasteiger partial charge in [-0.05, 0) is 55.3 Å². The van der Waals surface area contributed by atoms with Gasteiger partial charge in [0.2, 0.25) is 5.91 Å². The van der Waals surface area contributed by atoms with Gasteiger partial charge in [0, 0.05) is 31.9 Å². The number of benzene rings is 1. The highest BCUT2D eigenvalue weighted by Gasteiger charge is 2.33. The van der Waals surface area contributed by atoms with Gasteiger partial charge in [0.25, 0.3) is 10.0 Å². The molecule has 2 aliphatic heterocycles. The number of rotatable bonds is 5. The molecule has 164 valence electrons. The number of fused-ring (bicyclic) bond motifs is 1. The van der Waals surface area contributed by atoms with E-state index in [0.717, 1.165) is 34.1 Å². The van der Waals surface area contributed by atoms with Gasteiger partial charge in [0.15, 0.2) is 5.13 Å². The van der Waals surface area contributed by atoms with Crippen LogP contribution in [0.2, 0.25) is 0 Å². The fourth-order valence-electron chi connectivity index (χ4n) is 4.19. The van der Waals surface area contributed by atoms with Gasteiger partial charge < -0.3 is 10.2 Å². The molecule has 31 heavy (non-hydrogen) atoms. The maximum Gasteiger partial charge on any atom is 0.252 e. The molecular formula is C21H24N4O3S3. The highest BCUT2D eigenvalue weighted by Crippen LogP contribution is 2.33. The van der Waals surface area contributed by atoms with Crippen molar-refractivity contribution < 1.29 is 13.2 Å². The minimum Gasteiger partial charge on any atom is -0.348 e. The standard InChI is InChI=1S/C21H24N4O3S3/c26-20(15-5-3-11-25(14-15)31(27,28)19-6-4-12-29-19)22-16-7-8-17-18(13-16)30-21(23-17)24-9-1-2-10-24/h4,6-8,12-13,15H,1-3,5,9-11,14H2,(H,22,26). The molecule has 2 aliphatic rings. The van der Waals surface area contributed by atoms with Crippen molar-refractivity contribution in [1.29, 1.82) is 0 Å². The molecular weight excluding hydrogens is 452 g/mol. The highest BCUT2D eigenvalue weighted by molar-refractivity contribution is 7.91. The number of amides is 1. The van der Waals surface area contributed by atoms with E-state index >= 15 is 0 Å². The third-order valence-corrected chi connectivity index (χ3v) is 10.2. The van der Waals surface area contributed by atoms with Crippen LogP contribution in [0.1, 0.15) is 25.7 Å². The Kier molecular flexibility index (Phi) is 5.72. The number of sulfonamides is 1. The Morgan fingerprint density at radius 2 is 1.97 bits per heavy atom. The molecule has 2 aromatic heterocycles. The zero-order valence-corrected chi connectivity index (χ0v) is 19.4. The number of carbonyl (C=O) groups excluding carboxylic acids is 1. The van der Waals surface area contributed by atoms with Crippen molar-refractivity contribution in [2.75, 3.05) is 36.4 Å². The third-order valence-electron chi connectivity index (χ3n) is 5.87. The van der Waals surface area contributed by atoms with Crippen LogP contribution < -0.4 is 10.2 Å². The van der Waals surface area contributed by atoms with Crippen molar-refractivity contribution in [3.8, 4) is 0 Å². The number of hydrogen-bond donors (Lipinski definition) is 1. The summed E-state index contributed by atoms with van der Waals surface area (Å²) in [7, 11) is -3.53. The number of piperidine rings is 1. The Hall–Kier alpha value is -2.01. The molecule has 2 fully saturated rings. The Morgan fingerprint density at radius 3 is 2.74 bits per heavy atom. The number of nitrogens with zero attached hydrogens (tertiary/aromatic N) is 3. The molecule has 0 saturated carbocycles. The molecule has 0 bridgehead atoms. The molecule has 3 aromatic rings. The lowest BCUT2D eigenvalue weighted by atomic mass is 9.99. The van der Waals surface area contributed by atoms with Crippen molar-refractivity contribution in [3.63, 3.8) is 0 Å². The topological polar surface area (TPSA) is 82.6 Å². The van der Waals surface area contributed by atoms with Gasteiger partial charge in [0.1, 0.15) is 4.21 Å². The largest absolute Gasteiger partial charge is 0.348 e. The maximum atomic E-state index is 12.9. The summed E-state index contributed by atoms with van der Waals surface area (Å²) in [4.78, 5) is 20.0. The van der Waals surface area contributed by atoms with Crippen molar-refractivity contribution >= 4 is 59.6 Å². The summed E-state index contributed by atoms with van der Waals surface area (Å²) in [5.74, 6) is -0.490. The number of hydrogen-bond acceptors (Lipinski definition) is 7. The first-order valence-corrected chi connectivity index (χ1v) is 13.6. The maximum absolute atomic E-state index is 12.9. The first-order chi connectivity index (χ1) is 15.0. The number of nitrogens with one attached hydrogen (secondary N) is 1. The van der Waals surface area contributed by atoms with Gasteiger partial charge >= 0.3 is 0 Å². The summed E-state index contributed by atoms with van der Waals surface area (Å²) < 4.78 is 28.5. The van der Waals surface area contributed by atoms with E-state index in [4.69, 9.17) is 4.98 Å². The SMILES string of the molecule is O=C(Nc1ccc2nc(N3CCCC3)sc2c1)C1CCCN(S(=O)(=O)c2cccs2)C1. The van der Waals surface area contributed by atoms with Gasteiger partial charge in [-0.1, -0.05) is 17.4 Å². The number of thiophene rings is 1. The van der Waals surface area contributed by atoms with E-state index in [1.165, 1.54) is 28.5 Å². The highest BCUT2D eigenvalue weighted by atomic mass is 32.2. The first-order valence-electron chi connectivity index (χ1n) is 10.5. The molecule has 7 nitrogen and oxygen atoms in total. The molecule has 1 atom stereocenters.